The highest BCUT2D eigenvalue weighted by molar-refractivity contribution is 5.92. The normalized spacial score (nSPS) is 27.7. The number of hydrogen-bond acceptors (Lipinski definition) is 3. The second-order valence-electron chi connectivity index (χ2n) is 6.35. The maximum atomic E-state index is 12.4. The van der Waals surface area contributed by atoms with Crippen molar-refractivity contribution in [3.8, 4) is 0 Å². The summed E-state index contributed by atoms with van der Waals surface area (Å²) in [6, 6.07) is 9.52. The smallest absolute Gasteiger partial charge is 0.311 e. The molecule has 2 saturated heterocycles. The van der Waals surface area contributed by atoms with Gasteiger partial charge in [0.25, 0.3) is 0 Å². The molecule has 1 amide bonds. The monoisotopic (exact) mass is 314 g/mol. The van der Waals surface area contributed by atoms with Gasteiger partial charge < -0.3 is 15.3 Å². The van der Waals surface area contributed by atoms with E-state index in [4.69, 9.17) is 0 Å². The van der Waals surface area contributed by atoms with Gasteiger partial charge in [-0.2, -0.15) is 0 Å². The topological polar surface area (TPSA) is 69.6 Å². The number of likely N-dealkylation sites (tertiary alicyclic amines) is 1. The minimum atomic E-state index is -0.735. The molecule has 1 aromatic carbocycles. The Kier molecular flexibility index (Phi) is 4.48. The number of aliphatic carboxylic acids is 1. The SMILES string of the molecule is O=C(C=Cc1ccccc1)N1CC[C@@]2(C(=O)O)CCCN[C@@H]2C1. The molecule has 2 N–H and O–H groups in total. The van der Waals surface area contributed by atoms with Crippen LogP contribution in [0.2, 0.25) is 0 Å². The molecule has 0 spiro atoms. The van der Waals surface area contributed by atoms with Crippen LogP contribution in [0.3, 0.4) is 0 Å². The largest absolute Gasteiger partial charge is 0.481 e. The second-order valence-corrected chi connectivity index (χ2v) is 6.35. The molecule has 0 unspecified atom stereocenters. The lowest BCUT2D eigenvalue weighted by Crippen LogP contribution is -2.63. The highest BCUT2D eigenvalue weighted by atomic mass is 16.4. The fraction of sp³-hybridized carbons (Fsp3) is 0.444. The van der Waals surface area contributed by atoms with E-state index in [2.05, 4.69) is 5.32 Å². The van der Waals surface area contributed by atoms with Crippen molar-refractivity contribution in [3.05, 3.63) is 42.0 Å². The lowest BCUT2D eigenvalue weighted by Gasteiger charge is -2.48. The van der Waals surface area contributed by atoms with Crippen LogP contribution in [0, 0.1) is 5.41 Å². The van der Waals surface area contributed by atoms with Gasteiger partial charge >= 0.3 is 5.97 Å². The van der Waals surface area contributed by atoms with Gasteiger partial charge in [0.2, 0.25) is 5.91 Å². The summed E-state index contributed by atoms with van der Waals surface area (Å²) in [5.41, 5.74) is 0.270. The van der Waals surface area contributed by atoms with Crippen molar-refractivity contribution >= 4 is 18.0 Å². The molecule has 2 fully saturated rings. The van der Waals surface area contributed by atoms with Crippen LogP contribution in [0.15, 0.2) is 36.4 Å². The third-order valence-corrected chi connectivity index (χ3v) is 5.04. The molecule has 5 nitrogen and oxygen atoms in total. The van der Waals surface area contributed by atoms with Crippen LogP contribution < -0.4 is 5.32 Å². The van der Waals surface area contributed by atoms with Crippen LogP contribution in [0.5, 0.6) is 0 Å². The summed E-state index contributed by atoms with van der Waals surface area (Å²) in [6.45, 7) is 1.79. The Morgan fingerprint density at radius 1 is 1.26 bits per heavy atom. The first kappa shape index (κ1) is 15.7. The standard InChI is InChI=1S/C18H22N2O3/c21-16(8-7-14-5-2-1-3-6-14)20-12-10-18(17(22)23)9-4-11-19-15(18)13-20/h1-3,5-8,15,19H,4,9-13H2,(H,22,23)/t15-,18+/m1/s1. The van der Waals surface area contributed by atoms with E-state index in [1.807, 2.05) is 30.3 Å². The summed E-state index contributed by atoms with van der Waals surface area (Å²) >= 11 is 0. The fourth-order valence-electron chi connectivity index (χ4n) is 3.63. The zero-order chi connectivity index (χ0) is 16.3. The fourth-order valence-corrected chi connectivity index (χ4v) is 3.63. The molecule has 0 saturated carbocycles. The van der Waals surface area contributed by atoms with E-state index in [1.165, 1.54) is 0 Å². The van der Waals surface area contributed by atoms with Gasteiger partial charge in [0.15, 0.2) is 0 Å². The molecule has 2 heterocycles. The molecule has 23 heavy (non-hydrogen) atoms. The average molecular weight is 314 g/mol. The number of amides is 1. The molecule has 2 atom stereocenters. The minimum Gasteiger partial charge on any atom is -0.481 e. The average Bonchev–Trinajstić information content (AvgIpc) is 2.60. The molecule has 122 valence electrons. The van der Waals surface area contributed by atoms with E-state index in [9.17, 15) is 14.7 Å². The molecule has 2 aliphatic rings. The Hall–Kier alpha value is -2.14. The zero-order valence-electron chi connectivity index (χ0n) is 13.1. The number of rotatable bonds is 3. The number of nitrogens with one attached hydrogen (secondary N) is 1. The number of carboxylic acid groups (broad SMARTS) is 1. The quantitative estimate of drug-likeness (QED) is 0.834. The Labute approximate surface area is 136 Å². The van der Waals surface area contributed by atoms with Crippen molar-refractivity contribution in [2.45, 2.75) is 25.3 Å². The number of nitrogens with zero attached hydrogens (tertiary/aromatic N) is 1. The van der Waals surface area contributed by atoms with Crippen LogP contribution in [-0.2, 0) is 9.59 Å². The summed E-state index contributed by atoms with van der Waals surface area (Å²) in [5, 5.41) is 12.9. The molecule has 0 aliphatic carbocycles. The van der Waals surface area contributed by atoms with Gasteiger partial charge in [0.1, 0.15) is 0 Å². The molecule has 2 aliphatic heterocycles. The maximum absolute atomic E-state index is 12.4. The van der Waals surface area contributed by atoms with E-state index in [1.54, 1.807) is 17.1 Å². The van der Waals surface area contributed by atoms with Gasteiger partial charge in [-0.15, -0.1) is 0 Å². The molecular weight excluding hydrogens is 292 g/mol. The van der Waals surface area contributed by atoms with E-state index in [-0.39, 0.29) is 11.9 Å². The molecule has 3 rings (SSSR count). The zero-order valence-corrected chi connectivity index (χ0v) is 13.1. The number of carbonyl (C=O) groups is 2. The third kappa shape index (κ3) is 3.15. The molecule has 0 bridgehead atoms. The highest BCUT2D eigenvalue weighted by Gasteiger charge is 2.50. The number of fused-ring (bicyclic) bond motifs is 1. The summed E-state index contributed by atoms with van der Waals surface area (Å²) in [4.78, 5) is 25.9. The number of benzene rings is 1. The predicted molar refractivity (Wildman–Crippen MR) is 87.8 cm³/mol. The van der Waals surface area contributed by atoms with E-state index < -0.39 is 11.4 Å². The summed E-state index contributed by atoms with van der Waals surface area (Å²) < 4.78 is 0. The van der Waals surface area contributed by atoms with Gasteiger partial charge in [0.05, 0.1) is 5.41 Å². The van der Waals surface area contributed by atoms with Crippen molar-refractivity contribution in [3.63, 3.8) is 0 Å². The Bertz CT molecular complexity index is 614. The number of hydrogen-bond donors (Lipinski definition) is 2. The van der Waals surface area contributed by atoms with Gasteiger partial charge in [-0.05, 0) is 37.4 Å². The van der Waals surface area contributed by atoms with Crippen LogP contribution in [0.25, 0.3) is 6.08 Å². The summed E-state index contributed by atoms with van der Waals surface area (Å²) in [5.74, 6) is -0.790. The van der Waals surface area contributed by atoms with Gasteiger partial charge in [0, 0.05) is 25.2 Å². The number of carboxylic acids is 1. The molecule has 1 aromatic rings. The second kappa shape index (κ2) is 6.54. The van der Waals surface area contributed by atoms with Crippen LogP contribution in [-0.4, -0.2) is 47.6 Å². The number of piperidine rings is 2. The van der Waals surface area contributed by atoms with Gasteiger partial charge in [-0.3, -0.25) is 9.59 Å². The predicted octanol–water partition coefficient (Wildman–Crippen LogP) is 1.76. The van der Waals surface area contributed by atoms with E-state index in [0.717, 1.165) is 18.5 Å². The van der Waals surface area contributed by atoms with Crippen molar-refractivity contribution < 1.29 is 14.7 Å². The van der Waals surface area contributed by atoms with Crippen LogP contribution in [0.4, 0.5) is 0 Å². The van der Waals surface area contributed by atoms with Crippen molar-refractivity contribution in [2.75, 3.05) is 19.6 Å². The Morgan fingerprint density at radius 3 is 2.78 bits per heavy atom. The third-order valence-electron chi connectivity index (χ3n) is 5.04. The first-order valence-electron chi connectivity index (χ1n) is 8.11. The first-order chi connectivity index (χ1) is 11.1. The highest BCUT2D eigenvalue weighted by Crippen LogP contribution is 2.39. The molecule has 0 aromatic heterocycles. The summed E-state index contributed by atoms with van der Waals surface area (Å²) in [6.07, 6.45) is 5.47. The maximum Gasteiger partial charge on any atom is 0.311 e. The molecular formula is C18H22N2O3. The lowest BCUT2D eigenvalue weighted by molar-refractivity contribution is -0.158. The minimum absolute atomic E-state index is 0.0554. The van der Waals surface area contributed by atoms with Crippen molar-refractivity contribution in [2.24, 2.45) is 5.41 Å². The summed E-state index contributed by atoms with van der Waals surface area (Å²) in [7, 11) is 0. The van der Waals surface area contributed by atoms with Crippen molar-refractivity contribution in [1.29, 1.82) is 0 Å². The van der Waals surface area contributed by atoms with Crippen LogP contribution >= 0.6 is 0 Å². The molecule has 0 radical (unpaired) electrons. The van der Waals surface area contributed by atoms with Crippen molar-refractivity contribution in [1.82, 2.24) is 10.2 Å². The van der Waals surface area contributed by atoms with E-state index >= 15 is 0 Å². The van der Waals surface area contributed by atoms with E-state index in [0.29, 0.717) is 25.9 Å². The Morgan fingerprint density at radius 2 is 2.04 bits per heavy atom. The Balaban J connectivity index is 1.68. The lowest BCUT2D eigenvalue weighted by atomic mass is 9.69. The first-order valence-corrected chi connectivity index (χ1v) is 8.11. The van der Waals surface area contributed by atoms with Crippen LogP contribution in [0.1, 0.15) is 24.8 Å². The van der Waals surface area contributed by atoms with Gasteiger partial charge in [-0.1, -0.05) is 30.3 Å². The number of carbonyl (C=O) groups excluding carboxylic acids is 1. The molecule has 5 heteroatoms. The van der Waals surface area contributed by atoms with Gasteiger partial charge in [-0.25, -0.2) is 0 Å².